The predicted molar refractivity (Wildman–Crippen MR) is 102 cm³/mol. The second kappa shape index (κ2) is 9.48. The largest absolute Gasteiger partial charge is 0.488 e. The van der Waals surface area contributed by atoms with Crippen LogP contribution in [0.25, 0.3) is 0 Å². The highest BCUT2D eigenvalue weighted by Crippen LogP contribution is 2.66. The van der Waals surface area contributed by atoms with Crippen LogP contribution < -0.4 is 11.3 Å². The van der Waals surface area contributed by atoms with Crippen LogP contribution in [-0.4, -0.2) is 66.0 Å². The van der Waals surface area contributed by atoms with Crippen LogP contribution in [0.2, 0.25) is 0 Å². The van der Waals surface area contributed by atoms with Crippen molar-refractivity contribution in [1.82, 2.24) is 9.55 Å². The van der Waals surface area contributed by atoms with Gasteiger partial charge < -0.3 is 39.9 Å². The molecule has 0 saturated carbocycles. The summed E-state index contributed by atoms with van der Waals surface area (Å²) in [7, 11) is -15.4. The molecule has 0 spiro atoms. The number of aryl methyl sites for hydroxylation is 1. The number of aromatic nitrogens is 2. The predicted octanol–water partition coefficient (Wildman–Crippen LogP) is -0.927. The fourth-order valence-corrected chi connectivity index (χ4v) is 6.13. The summed E-state index contributed by atoms with van der Waals surface area (Å²) in [6, 6.07) is 0. The zero-order valence-corrected chi connectivity index (χ0v) is 18.8. The molecule has 1 aromatic rings. The van der Waals surface area contributed by atoms with E-state index in [-0.39, 0.29) is 11.5 Å². The minimum atomic E-state index is -5.47. The zero-order valence-electron chi connectivity index (χ0n) is 16.1. The number of phosphoric ester groups is 1. The van der Waals surface area contributed by atoms with Crippen molar-refractivity contribution in [3.05, 3.63) is 22.1 Å². The van der Waals surface area contributed by atoms with Gasteiger partial charge in [-0.1, -0.05) is 0 Å². The van der Waals surface area contributed by atoms with Crippen LogP contribution in [0.4, 0.5) is 5.95 Å². The molecular weight excluding hydrogens is 487 g/mol. The minimum Gasteiger partial charge on any atom is -0.387 e. The second-order valence-electron chi connectivity index (χ2n) is 6.42. The summed E-state index contributed by atoms with van der Waals surface area (Å²) in [5, 5.41) is 20.3. The van der Waals surface area contributed by atoms with E-state index in [0.717, 1.165) is 0 Å². The molecule has 0 radical (unpaired) electrons. The Hall–Kier alpha value is -0.990. The van der Waals surface area contributed by atoms with Crippen molar-refractivity contribution in [3.63, 3.8) is 0 Å². The monoisotopic (exact) mass is 509 g/mol. The molecule has 0 aliphatic carbocycles. The normalized spacial score (nSPS) is 29.8. The molecule has 1 saturated heterocycles. The van der Waals surface area contributed by atoms with Gasteiger partial charge in [0.05, 0.1) is 12.2 Å². The molecule has 1 aromatic heterocycles. The van der Waals surface area contributed by atoms with E-state index in [2.05, 4.69) is 18.1 Å². The molecule has 7 unspecified atom stereocenters. The van der Waals surface area contributed by atoms with Crippen LogP contribution in [0, 0.1) is 0 Å². The van der Waals surface area contributed by atoms with Crippen molar-refractivity contribution in [3.8, 4) is 0 Å². The quantitative estimate of drug-likeness (QED) is 0.220. The number of hydrogen-bond donors (Lipinski definition) is 6. The van der Waals surface area contributed by atoms with Gasteiger partial charge in [0.2, 0.25) is 5.95 Å². The summed E-state index contributed by atoms with van der Waals surface area (Å²) in [6.45, 7) is 1.62. The second-order valence-corrected chi connectivity index (χ2v) is 11.5. The van der Waals surface area contributed by atoms with Crippen molar-refractivity contribution in [1.29, 1.82) is 0 Å². The van der Waals surface area contributed by atoms with Crippen LogP contribution >= 0.6 is 23.2 Å². The van der Waals surface area contributed by atoms with E-state index in [0.29, 0.717) is 13.2 Å². The molecule has 31 heavy (non-hydrogen) atoms. The lowest BCUT2D eigenvalue weighted by molar-refractivity contribution is -0.0227. The van der Waals surface area contributed by atoms with Crippen LogP contribution in [0.1, 0.15) is 18.6 Å². The summed E-state index contributed by atoms with van der Waals surface area (Å²) in [5.41, 5.74) is 4.61. The Morgan fingerprint density at radius 3 is 2.32 bits per heavy atom. The number of rotatable bonds is 9. The van der Waals surface area contributed by atoms with Gasteiger partial charge in [-0.3, -0.25) is 13.9 Å². The first kappa shape index (κ1) is 26.3. The Morgan fingerprint density at radius 1 is 1.16 bits per heavy atom. The molecular formula is C12H22N3O13P3. The van der Waals surface area contributed by atoms with E-state index >= 15 is 0 Å². The van der Waals surface area contributed by atoms with Crippen LogP contribution in [0.5, 0.6) is 0 Å². The van der Waals surface area contributed by atoms with Gasteiger partial charge >= 0.3 is 23.2 Å². The number of nitrogens with zero attached hydrogens (tertiary/aromatic N) is 2. The molecule has 2 heterocycles. The average Bonchev–Trinajstić information content (AvgIpc) is 2.85. The van der Waals surface area contributed by atoms with Crippen LogP contribution in [0.3, 0.4) is 0 Å². The third kappa shape index (κ3) is 6.99. The lowest BCUT2D eigenvalue weighted by Crippen LogP contribution is -2.34. The third-order valence-electron chi connectivity index (χ3n) is 3.92. The van der Waals surface area contributed by atoms with Crippen molar-refractivity contribution < 1.29 is 56.5 Å². The van der Waals surface area contributed by atoms with Crippen LogP contribution in [-0.2, 0) is 38.1 Å². The number of aliphatic hydroxyl groups excluding tert-OH is 2. The van der Waals surface area contributed by atoms with Gasteiger partial charge in [-0.25, -0.2) is 13.4 Å². The highest BCUT2D eigenvalue weighted by atomic mass is 31.3. The first-order valence-corrected chi connectivity index (χ1v) is 13.5. The molecule has 1 aliphatic heterocycles. The maximum Gasteiger partial charge on any atom is 0.488 e. The van der Waals surface area contributed by atoms with Gasteiger partial charge in [0.15, 0.2) is 0 Å². The van der Waals surface area contributed by atoms with E-state index in [1.807, 2.05) is 0 Å². The molecule has 0 amide bonds. The number of nitrogen functional groups attached to an aromatic ring is 1. The molecule has 178 valence electrons. The van der Waals surface area contributed by atoms with E-state index in [1.165, 1.54) is 10.8 Å². The first-order valence-electron chi connectivity index (χ1n) is 8.47. The Kier molecular flexibility index (Phi) is 8.03. The first-order chi connectivity index (χ1) is 14.1. The van der Waals surface area contributed by atoms with Gasteiger partial charge in [0, 0.05) is 19.4 Å². The van der Waals surface area contributed by atoms with Crippen molar-refractivity contribution >= 4 is 29.2 Å². The van der Waals surface area contributed by atoms with Gasteiger partial charge in [0.1, 0.15) is 24.4 Å². The number of phosphoric acid groups is 2. The van der Waals surface area contributed by atoms with Crippen molar-refractivity contribution in [2.24, 2.45) is 0 Å². The number of aliphatic hydroxyl groups is 2. The fraction of sp³-hybridized carbons (Fsp3) is 0.667. The van der Waals surface area contributed by atoms with Gasteiger partial charge in [-0.15, -0.1) is 0 Å². The molecule has 2 rings (SSSR count). The number of anilines is 1. The summed E-state index contributed by atoms with van der Waals surface area (Å²) in [5.74, 6) is -0.0855. The van der Waals surface area contributed by atoms with Gasteiger partial charge in [0.25, 0.3) is 5.56 Å². The summed E-state index contributed by atoms with van der Waals surface area (Å²) in [6.07, 6.45) is -4.98. The number of nitrogens with two attached hydrogens (primary N) is 1. The Bertz CT molecular complexity index is 1010. The SMILES string of the molecule is CCn1cc(C2OC(COP(=O)(O)OP(=O)(O)OP(C)(=O)O)C(O)C2O)c(=O)nc1N. The maximum absolute atomic E-state index is 12.1. The zero-order chi connectivity index (χ0) is 23.8. The molecule has 0 bridgehead atoms. The molecule has 0 aromatic carbocycles. The lowest BCUT2D eigenvalue weighted by atomic mass is 10.0. The van der Waals surface area contributed by atoms with E-state index in [4.69, 9.17) is 15.4 Å². The van der Waals surface area contributed by atoms with Crippen molar-refractivity contribution in [2.75, 3.05) is 19.0 Å². The maximum atomic E-state index is 12.1. The van der Waals surface area contributed by atoms with E-state index < -0.39 is 59.8 Å². The molecule has 7 atom stereocenters. The number of hydrogen-bond acceptors (Lipinski definition) is 12. The highest BCUT2D eigenvalue weighted by Gasteiger charge is 2.47. The molecule has 1 aliphatic rings. The smallest absolute Gasteiger partial charge is 0.387 e. The summed E-state index contributed by atoms with van der Waals surface area (Å²) in [4.78, 5) is 43.4. The van der Waals surface area contributed by atoms with Crippen LogP contribution in [0.15, 0.2) is 11.0 Å². The Labute approximate surface area is 174 Å². The van der Waals surface area contributed by atoms with Gasteiger partial charge in [-0.2, -0.15) is 9.29 Å². The summed E-state index contributed by atoms with van der Waals surface area (Å²) >= 11 is 0. The van der Waals surface area contributed by atoms with Crippen molar-refractivity contribution in [2.45, 2.75) is 37.9 Å². The summed E-state index contributed by atoms with van der Waals surface area (Å²) < 4.78 is 53.2. The Balaban J connectivity index is 2.11. The highest BCUT2D eigenvalue weighted by molar-refractivity contribution is 7.68. The molecule has 16 nitrogen and oxygen atoms in total. The minimum absolute atomic E-state index is 0.0855. The topological polar surface area (TPSA) is 250 Å². The van der Waals surface area contributed by atoms with E-state index in [1.54, 1.807) is 6.92 Å². The average molecular weight is 509 g/mol. The molecule has 7 N–H and O–H groups in total. The van der Waals surface area contributed by atoms with Gasteiger partial charge in [-0.05, 0) is 6.92 Å². The standard InChI is InChI=1S/C12H22N3O13P3/c1-3-15-4-6(11(18)14-12(15)13)10-9(17)8(16)7(26-10)5-25-30(21,22)28-31(23,24)27-29(2,19)20/h4,7-10,16-17H,3,5H2,1-2H3,(H,19,20)(H,21,22)(H,23,24)(H2,13,14,18). The Morgan fingerprint density at radius 2 is 1.77 bits per heavy atom. The van der Waals surface area contributed by atoms with E-state index in [9.17, 15) is 38.5 Å². The fourth-order valence-electron chi connectivity index (χ4n) is 2.64. The third-order valence-corrected chi connectivity index (χ3v) is 8.09. The lowest BCUT2D eigenvalue weighted by Gasteiger charge is -2.19. The molecule has 19 heteroatoms. The number of ether oxygens (including phenoxy) is 1. The molecule has 1 fully saturated rings.